The summed E-state index contributed by atoms with van der Waals surface area (Å²) in [7, 11) is -3.74. The number of pyridine rings is 1. The maximum atomic E-state index is 12.7. The van der Waals surface area contributed by atoms with Gasteiger partial charge in [0.25, 0.3) is 10.0 Å². The normalized spacial score (nSPS) is 13.3. The molecule has 0 fully saturated rings. The van der Waals surface area contributed by atoms with Gasteiger partial charge in [0, 0.05) is 25.0 Å². The fraction of sp³-hybridized carbons (Fsp3) is 0.125. The van der Waals surface area contributed by atoms with Crippen molar-refractivity contribution in [1.82, 2.24) is 14.8 Å². The summed E-state index contributed by atoms with van der Waals surface area (Å²) >= 11 is 0. The van der Waals surface area contributed by atoms with Crippen LogP contribution in [0.5, 0.6) is 5.75 Å². The topological polar surface area (TPSA) is 86.1 Å². The lowest BCUT2D eigenvalue weighted by atomic mass is 10.2. The average Bonchev–Trinajstić information content (AvgIpc) is 3.26. The summed E-state index contributed by atoms with van der Waals surface area (Å²) < 4.78 is 34.9. The standard InChI is InChI=1S/C16H14N4O3S/c21-24(22,13-4-5-15-12(11-13)6-10-23-15)19-14-3-1-7-17-16(14)20-9-2-8-18-20/h1-5,7-9,11,19H,6,10H2. The van der Waals surface area contributed by atoms with Crippen LogP contribution in [0.1, 0.15) is 5.56 Å². The zero-order chi connectivity index (χ0) is 16.6. The van der Waals surface area contributed by atoms with Gasteiger partial charge >= 0.3 is 0 Å². The molecule has 0 atom stereocenters. The molecule has 0 bridgehead atoms. The van der Waals surface area contributed by atoms with E-state index < -0.39 is 10.0 Å². The third-order valence-corrected chi connectivity index (χ3v) is 5.09. The summed E-state index contributed by atoms with van der Waals surface area (Å²) in [5.41, 5.74) is 1.26. The van der Waals surface area contributed by atoms with Gasteiger partial charge in [-0.25, -0.2) is 18.1 Å². The van der Waals surface area contributed by atoms with E-state index in [0.29, 0.717) is 24.5 Å². The van der Waals surface area contributed by atoms with Crippen LogP contribution in [0.15, 0.2) is 59.9 Å². The molecule has 3 heterocycles. The number of hydrogen-bond acceptors (Lipinski definition) is 5. The van der Waals surface area contributed by atoms with Crippen molar-refractivity contribution in [2.75, 3.05) is 11.3 Å². The first-order chi connectivity index (χ1) is 11.6. The van der Waals surface area contributed by atoms with E-state index in [9.17, 15) is 8.42 Å². The monoisotopic (exact) mass is 342 g/mol. The molecule has 0 saturated carbocycles. The molecule has 1 aromatic carbocycles. The number of hydrogen-bond donors (Lipinski definition) is 1. The van der Waals surface area contributed by atoms with Gasteiger partial charge in [-0.15, -0.1) is 0 Å². The Balaban J connectivity index is 1.70. The summed E-state index contributed by atoms with van der Waals surface area (Å²) in [4.78, 5) is 4.41. The molecule has 3 aromatic rings. The molecule has 2 aromatic heterocycles. The van der Waals surface area contributed by atoms with Crippen molar-refractivity contribution in [2.24, 2.45) is 0 Å². The lowest BCUT2D eigenvalue weighted by Crippen LogP contribution is -2.15. The average molecular weight is 342 g/mol. The van der Waals surface area contributed by atoms with E-state index in [-0.39, 0.29) is 4.90 Å². The van der Waals surface area contributed by atoms with E-state index in [0.717, 1.165) is 11.3 Å². The lowest BCUT2D eigenvalue weighted by Gasteiger charge is -2.12. The maximum Gasteiger partial charge on any atom is 0.262 e. The van der Waals surface area contributed by atoms with E-state index in [4.69, 9.17) is 4.74 Å². The van der Waals surface area contributed by atoms with Crippen LogP contribution in [-0.4, -0.2) is 29.8 Å². The van der Waals surface area contributed by atoms with Gasteiger partial charge in [-0.1, -0.05) is 0 Å². The molecular weight excluding hydrogens is 328 g/mol. The molecule has 122 valence electrons. The van der Waals surface area contributed by atoms with E-state index in [1.165, 1.54) is 10.7 Å². The van der Waals surface area contributed by atoms with Crippen molar-refractivity contribution in [3.63, 3.8) is 0 Å². The van der Waals surface area contributed by atoms with Crippen LogP contribution in [0.2, 0.25) is 0 Å². The zero-order valence-corrected chi connectivity index (χ0v) is 13.4. The molecule has 1 N–H and O–H groups in total. The molecule has 8 heteroatoms. The second-order valence-electron chi connectivity index (χ2n) is 5.30. The predicted molar refractivity (Wildman–Crippen MR) is 87.8 cm³/mol. The summed E-state index contributed by atoms with van der Waals surface area (Å²) in [5, 5.41) is 4.10. The summed E-state index contributed by atoms with van der Waals surface area (Å²) in [6.45, 7) is 0.582. The zero-order valence-electron chi connectivity index (χ0n) is 12.6. The van der Waals surface area contributed by atoms with Gasteiger partial charge in [-0.2, -0.15) is 5.10 Å². The molecule has 0 spiro atoms. The van der Waals surface area contributed by atoms with Gasteiger partial charge in [0.05, 0.1) is 17.2 Å². The van der Waals surface area contributed by atoms with Crippen LogP contribution in [0.25, 0.3) is 5.82 Å². The number of benzene rings is 1. The van der Waals surface area contributed by atoms with Crippen LogP contribution in [0, 0.1) is 0 Å². The number of aromatic nitrogens is 3. The van der Waals surface area contributed by atoms with Gasteiger partial charge in [-0.3, -0.25) is 4.72 Å². The van der Waals surface area contributed by atoms with E-state index in [1.807, 2.05) is 0 Å². The second kappa shape index (κ2) is 5.64. The van der Waals surface area contributed by atoms with Crippen LogP contribution in [0.3, 0.4) is 0 Å². The fourth-order valence-electron chi connectivity index (χ4n) is 2.59. The second-order valence-corrected chi connectivity index (χ2v) is 6.98. The van der Waals surface area contributed by atoms with E-state index >= 15 is 0 Å². The Morgan fingerprint density at radius 2 is 2.08 bits per heavy atom. The van der Waals surface area contributed by atoms with Crippen molar-refractivity contribution in [3.05, 3.63) is 60.6 Å². The first-order valence-corrected chi connectivity index (χ1v) is 8.85. The molecule has 1 aliphatic rings. The number of nitrogens with one attached hydrogen (secondary N) is 1. The quantitative estimate of drug-likeness (QED) is 0.784. The third-order valence-electron chi connectivity index (χ3n) is 3.72. The van der Waals surface area contributed by atoms with Gasteiger partial charge in [0.15, 0.2) is 5.82 Å². The van der Waals surface area contributed by atoms with Gasteiger partial charge in [0.1, 0.15) is 5.75 Å². The van der Waals surface area contributed by atoms with Crippen molar-refractivity contribution in [3.8, 4) is 11.6 Å². The molecule has 7 nitrogen and oxygen atoms in total. The highest BCUT2D eigenvalue weighted by Gasteiger charge is 2.21. The Hall–Kier alpha value is -2.87. The van der Waals surface area contributed by atoms with Crippen molar-refractivity contribution in [2.45, 2.75) is 11.3 Å². The van der Waals surface area contributed by atoms with Gasteiger partial charge in [-0.05, 0) is 42.0 Å². The van der Waals surface area contributed by atoms with Crippen molar-refractivity contribution in [1.29, 1.82) is 0 Å². The van der Waals surface area contributed by atoms with Crippen molar-refractivity contribution < 1.29 is 13.2 Å². The molecule has 24 heavy (non-hydrogen) atoms. The molecule has 0 aliphatic carbocycles. The number of rotatable bonds is 4. The maximum absolute atomic E-state index is 12.7. The molecule has 0 saturated heterocycles. The number of anilines is 1. The minimum absolute atomic E-state index is 0.196. The fourth-order valence-corrected chi connectivity index (χ4v) is 3.70. The first-order valence-electron chi connectivity index (χ1n) is 7.37. The number of ether oxygens (including phenoxy) is 1. The number of nitrogens with zero attached hydrogens (tertiary/aromatic N) is 3. The SMILES string of the molecule is O=S(=O)(Nc1cccnc1-n1cccn1)c1ccc2c(c1)CCO2. The summed E-state index contributed by atoms with van der Waals surface area (Å²) in [6.07, 6.45) is 5.60. The summed E-state index contributed by atoms with van der Waals surface area (Å²) in [6, 6.07) is 9.94. The van der Waals surface area contributed by atoms with E-state index in [2.05, 4.69) is 14.8 Å². The highest BCUT2D eigenvalue weighted by atomic mass is 32.2. The smallest absolute Gasteiger partial charge is 0.262 e. The predicted octanol–water partition coefficient (Wildman–Crippen LogP) is 2.00. The van der Waals surface area contributed by atoms with Crippen LogP contribution < -0.4 is 9.46 Å². The molecule has 1 aliphatic heterocycles. The van der Waals surface area contributed by atoms with E-state index in [1.54, 1.807) is 48.9 Å². The Morgan fingerprint density at radius 1 is 1.17 bits per heavy atom. The molecule has 0 unspecified atom stereocenters. The largest absolute Gasteiger partial charge is 0.493 e. The number of fused-ring (bicyclic) bond motifs is 1. The molecule has 4 rings (SSSR count). The Bertz CT molecular complexity index is 984. The summed E-state index contributed by atoms with van der Waals surface area (Å²) in [5.74, 6) is 1.16. The Kier molecular flexibility index (Phi) is 3.46. The Labute approximate surface area is 139 Å². The third kappa shape index (κ3) is 2.61. The van der Waals surface area contributed by atoms with Gasteiger partial charge < -0.3 is 4.74 Å². The molecule has 0 amide bonds. The highest BCUT2D eigenvalue weighted by molar-refractivity contribution is 7.92. The van der Waals surface area contributed by atoms with Crippen molar-refractivity contribution >= 4 is 15.7 Å². The Morgan fingerprint density at radius 3 is 2.92 bits per heavy atom. The van der Waals surface area contributed by atoms with Crippen LogP contribution in [-0.2, 0) is 16.4 Å². The van der Waals surface area contributed by atoms with Crippen LogP contribution in [0.4, 0.5) is 5.69 Å². The molecular formula is C16H14N4O3S. The van der Waals surface area contributed by atoms with Crippen LogP contribution >= 0.6 is 0 Å². The lowest BCUT2D eigenvalue weighted by molar-refractivity contribution is 0.356. The minimum Gasteiger partial charge on any atom is -0.493 e. The first kappa shape index (κ1) is 14.7. The van der Waals surface area contributed by atoms with Gasteiger partial charge in [0.2, 0.25) is 0 Å². The molecule has 0 radical (unpaired) electrons. The minimum atomic E-state index is -3.74. The number of sulfonamides is 1. The highest BCUT2D eigenvalue weighted by Crippen LogP contribution is 2.29.